The molecule has 3 heterocycles. The van der Waals surface area contributed by atoms with Crippen LogP contribution in [0.1, 0.15) is 5.69 Å². The van der Waals surface area contributed by atoms with Gasteiger partial charge in [0.2, 0.25) is 5.16 Å². The van der Waals surface area contributed by atoms with Crippen molar-refractivity contribution in [3.8, 4) is 5.69 Å². The minimum atomic E-state index is -0.498. The van der Waals surface area contributed by atoms with Crippen LogP contribution in [0.15, 0.2) is 35.9 Å². The van der Waals surface area contributed by atoms with Gasteiger partial charge in [0.25, 0.3) is 0 Å². The van der Waals surface area contributed by atoms with Gasteiger partial charge in [-0.1, -0.05) is 11.8 Å². The van der Waals surface area contributed by atoms with Gasteiger partial charge in [0.05, 0.1) is 29.9 Å². The van der Waals surface area contributed by atoms with Crippen molar-refractivity contribution in [1.29, 1.82) is 0 Å². The van der Waals surface area contributed by atoms with E-state index in [2.05, 4.69) is 20.5 Å². The van der Waals surface area contributed by atoms with Crippen molar-refractivity contribution in [2.24, 2.45) is 7.05 Å². The monoisotopic (exact) mass is 389 g/mol. The van der Waals surface area contributed by atoms with E-state index < -0.39 is 11.9 Å². The molecule has 1 saturated heterocycles. The van der Waals surface area contributed by atoms with Crippen LogP contribution in [0.2, 0.25) is 0 Å². The fraction of sp³-hybridized carbons (Fsp3) is 0.312. The molecule has 4 rings (SSSR count). The zero-order valence-electron chi connectivity index (χ0n) is 14.6. The Morgan fingerprint density at radius 2 is 2.26 bits per heavy atom. The number of carbonyl (C=O) groups excluding carboxylic acids is 1. The summed E-state index contributed by atoms with van der Waals surface area (Å²) in [5.74, 6) is 0.0615. The lowest BCUT2D eigenvalue weighted by Gasteiger charge is -2.14. The summed E-state index contributed by atoms with van der Waals surface area (Å²) in [6, 6.07) is 4.64. The van der Waals surface area contributed by atoms with Crippen molar-refractivity contribution in [2.45, 2.75) is 18.2 Å². The summed E-state index contributed by atoms with van der Waals surface area (Å²) < 4.78 is 23.1. The molecule has 11 heteroatoms. The van der Waals surface area contributed by atoms with Crippen LogP contribution in [0.25, 0.3) is 5.69 Å². The van der Waals surface area contributed by atoms with E-state index in [9.17, 15) is 9.18 Å². The number of hydrogen-bond donors (Lipinski definition) is 0. The molecule has 0 N–H and O–H groups in total. The summed E-state index contributed by atoms with van der Waals surface area (Å²) in [5.41, 5.74) is 1.61. The maximum absolute atomic E-state index is 14.5. The number of anilines is 1. The molecule has 27 heavy (non-hydrogen) atoms. The van der Waals surface area contributed by atoms with Gasteiger partial charge in [-0.15, -0.1) is 5.10 Å². The van der Waals surface area contributed by atoms with E-state index in [1.807, 2.05) is 6.92 Å². The van der Waals surface area contributed by atoms with E-state index in [4.69, 9.17) is 4.74 Å². The fourth-order valence-corrected chi connectivity index (χ4v) is 3.58. The zero-order chi connectivity index (χ0) is 19.0. The maximum atomic E-state index is 14.5. The van der Waals surface area contributed by atoms with Gasteiger partial charge in [0.15, 0.2) is 0 Å². The van der Waals surface area contributed by atoms with E-state index in [0.29, 0.717) is 28.8 Å². The van der Waals surface area contributed by atoms with Crippen molar-refractivity contribution in [2.75, 3.05) is 17.2 Å². The van der Waals surface area contributed by atoms with Gasteiger partial charge >= 0.3 is 6.09 Å². The van der Waals surface area contributed by atoms with Crippen LogP contribution in [-0.2, 0) is 11.8 Å². The molecule has 0 bridgehead atoms. The Kier molecular flexibility index (Phi) is 4.52. The van der Waals surface area contributed by atoms with Crippen molar-refractivity contribution in [1.82, 2.24) is 29.8 Å². The van der Waals surface area contributed by atoms with Gasteiger partial charge < -0.3 is 9.30 Å². The molecule has 1 amide bonds. The van der Waals surface area contributed by atoms with Crippen LogP contribution < -0.4 is 4.90 Å². The molecule has 1 aliphatic heterocycles. The van der Waals surface area contributed by atoms with Crippen molar-refractivity contribution in [3.05, 3.63) is 42.2 Å². The minimum Gasteiger partial charge on any atom is -0.443 e. The van der Waals surface area contributed by atoms with E-state index in [0.717, 1.165) is 5.69 Å². The quantitative estimate of drug-likeness (QED) is 0.616. The molecule has 0 spiro atoms. The molecule has 2 aromatic heterocycles. The Hall–Kier alpha value is -2.95. The number of tetrazole rings is 1. The Bertz CT molecular complexity index is 989. The highest BCUT2D eigenvalue weighted by atomic mass is 32.2. The lowest BCUT2D eigenvalue weighted by atomic mass is 10.2. The first-order chi connectivity index (χ1) is 13.0. The van der Waals surface area contributed by atoms with Crippen molar-refractivity contribution in [3.63, 3.8) is 0 Å². The summed E-state index contributed by atoms with van der Waals surface area (Å²) in [6.07, 6.45) is 2.45. The predicted molar refractivity (Wildman–Crippen MR) is 95.4 cm³/mol. The molecule has 0 radical (unpaired) electrons. The molecule has 3 aromatic rings. The van der Waals surface area contributed by atoms with Crippen molar-refractivity contribution < 1.29 is 13.9 Å². The predicted octanol–water partition coefficient (Wildman–Crippen LogP) is 1.96. The van der Waals surface area contributed by atoms with E-state index in [1.165, 1.54) is 22.7 Å². The first kappa shape index (κ1) is 17.5. The first-order valence-electron chi connectivity index (χ1n) is 8.15. The van der Waals surface area contributed by atoms with Gasteiger partial charge in [-0.3, -0.25) is 4.90 Å². The number of aromatic nitrogens is 6. The summed E-state index contributed by atoms with van der Waals surface area (Å²) in [6.45, 7) is 2.17. The molecule has 0 unspecified atom stereocenters. The van der Waals surface area contributed by atoms with Gasteiger partial charge in [0, 0.05) is 19.0 Å². The van der Waals surface area contributed by atoms with Gasteiger partial charge in [-0.25, -0.2) is 18.9 Å². The zero-order valence-corrected chi connectivity index (χ0v) is 15.4. The summed E-state index contributed by atoms with van der Waals surface area (Å²) in [4.78, 5) is 17.7. The third kappa shape index (κ3) is 3.50. The molecule has 1 atom stereocenters. The Labute approximate surface area is 158 Å². The van der Waals surface area contributed by atoms with Crippen LogP contribution in [0.4, 0.5) is 14.9 Å². The van der Waals surface area contributed by atoms with Crippen LogP contribution in [-0.4, -0.2) is 54.3 Å². The smallest absolute Gasteiger partial charge is 0.414 e. The average Bonchev–Trinajstić information content (AvgIpc) is 3.34. The molecule has 1 aliphatic rings. The van der Waals surface area contributed by atoms with Crippen molar-refractivity contribution >= 4 is 23.5 Å². The average molecular weight is 389 g/mol. The summed E-state index contributed by atoms with van der Waals surface area (Å²) >= 11 is 1.39. The topological polar surface area (TPSA) is 91.0 Å². The molecular weight excluding hydrogens is 373 g/mol. The van der Waals surface area contributed by atoms with E-state index in [-0.39, 0.29) is 6.10 Å². The number of ether oxygens (including phenoxy) is 1. The van der Waals surface area contributed by atoms with Crippen LogP contribution in [0, 0.1) is 12.7 Å². The lowest BCUT2D eigenvalue weighted by Crippen LogP contribution is -2.25. The third-order valence-electron chi connectivity index (χ3n) is 4.09. The Morgan fingerprint density at radius 1 is 1.41 bits per heavy atom. The Balaban J connectivity index is 1.46. The number of rotatable bonds is 5. The number of benzene rings is 1. The number of hydrogen-bond acceptors (Lipinski definition) is 7. The standard InChI is InChI=1S/C16H16FN7O2S/c1-10-6-23(9-18-10)14-4-3-11(5-13(14)17)24-7-12(26-16(24)25)8-27-15-19-20-21-22(15)2/h3-6,9,12H,7-8H2,1-2H3/t12-/m1/s1. The number of nitrogens with zero attached hydrogens (tertiary/aromatic N) is 7. The molecule has 0 aliphatic carbocycles. The molecule has 0 saturated carbocycles. The summed E-state index contributed by atoms with van der Waals surface area (Å²) in [5, 5.41) is 11.8. The molecule has 140 valence electrons. The second-order valence-corrected chi connectivity index (χ2v) is 7.06. The number of amides is 1. The first-order valence-corrected chi connectivity index (χ1v) is 9.13. The third-order valence-corrected chi connectivity index (χ3v) is 5.23. The highest BCUT2D eigenvalue weighted by Crippen LogP contribution is 2.27. The summed E-state index contributed by atoms with van der Waals surface area (Å²) in [7, 11) is 1.74. The minimum absolute atomic E-state index is 0.333. The van der Waals surface area contributed by atoms with E-state index >= 15 is 0 Å². The maximum Gasteiger partial charge on any atom is 0.414 e. The fourth-order valence-electron chi connectivity index (χ4n) is 2.76. The van der Waals surface area contributed by atoms with Gasteiger partial charge in [0.1, 0.15) is 11.9 Å². The Morgan fingerprint density at radius 3 is 2.93 bits per heavy atom. The molecular formula is C16H16FN7O2S. The van der Waals surface area contributed by atoms with Crippen LogP contribution in [0.3, 0.4) is 0 Å². The number of imidazole rings is 1. The van der Waals surface area contributed by atoms with Gasteiger partial charge in [-0.2, -0.15) is 0 Å². The van der Waals surface area contributed by atoms with Crippen LogP contribution >= 0.6 is 11.8 Å². The number of halogens is 1. The molecule has 1 aromatic carbocycles. The second kappa shape index (κ2) is 6.99. The molecule has 1 fully saturated rings. The van der Waals surface area contributed by atoms with E-state index in [1.54, 1.807) is 41.0 Å². The van der Waals surface area contributed by atoms with Gasteiger partial charge in [-0.05, 0) is 35.5 Å². The lowest BCUT2D eigenvalue weighted by molar-refractivity contribution is 0.151. The number of cyclic esters (lactones) is 1. The number of aryl methyl sites for hydroxylation is 2. The highest BCUT2D eigenvalue weighted by Gasteiger charge is 2.33. The number of thioether (sulfide) groups is 1. The SMILES string of the molecule is Cc1cn(-c2ccc(N3C[C@H](CSc4nnnn4C)OC3=O)cc2F)cn1. The normalized spacial score (nSPS) is 16.8. The highest BCUT2D eigenvalue weighted by molar-refractivity contribution is 7.99. The number of carbonyl (C=O) groups is 1. The molecule has 9 nitrogen and oxygen atoms in total. The van der Waals surface area contributed by atoms with Crippen LogP contribution in [0.5, 0.6) is 0 Å². The largest absolute Gasteiger partial charge is 0.443 e. The second-order valence-electron chi connectivity index (χ2n) is 6.07.